The van der Waals surface area contributed by atoms with Crippen LogP contribution in [0.25, 0.3) is 0 Å². The Morgan fingerprint density at radius 3 is 2.28 bits per heavy atom. The van der Waals surface area contributed by atoms with Gasteiger partial charge in [-0.25, -0.2) is 13.8 Å². The zero-order chi connectivity index (χ0) is 21.4. The zero-order valence-corrected chi connectivity index (χ0v) is 17.7. The number of carbonyl (C=O) groups is 1. The van der Waals surface area contributed by atoms with Crippen molar-refractivity contribution in [1.82, 2.24) is 5.43 Å². The van der Waals surface area contributed by atoms with Crippen LogP contribution < -0.4 is 19.2 Å². The van der Waals surface area contributed by atoms with Gasteiger partial charge in [-0.05, 0) is 36.8 Å². The quantitative estimate of drug-likeness (QED) is 0.497. The third-order valence-corrected chi connectivity index (χ3v) is 5.24. The van der Waals surface area contributed by atoms with Crippen LogP contribution in [0.3, 0.4) is 0 Å². The maximum Gasteiger partial charge on any atom is 0.260 e. The summed E-state index contributed by atoms with van der Waals surface area (Å²) in [6.07, 6.45) is 1.60. The van der Waals surface area contributed by atoms with Crippen molar-refractivity contribution in [3.8, 4) is 11.5 Å². The smallest absolute Gasteiger partial charge is 0.260 e. The van der Waals surface area contributed by atoms with Crippen molar-refractivity contribution in [3.63, 3.8) is 0 Å². The SMILES string of the molecule is CC/C(=N/NC(=O)CN(c1ccccc1)S(C)(=O)=O)c1ccc(OC)c(OC)c1. The molecular formula is C20H25N3O5S. The van der Waals surface area contributed by atoms with E-state index in [4.69, 9.17) is 9.47 Å². The second kappa shape index (κ2) is 9.92. The fraction of sp³-hybridized carbons (Fsp3) is 0.300. The Morgan fingerprint density at radius 1 is 1.07 bits per heavy atom. The second-order valence-corrected chi connectivity index (χ2v) is 8.03. The Balaban J connectivity index is 2.19. The monoisotopic (exact) mass is 419 g/mol. The zero-order valence-electron chi connectivity index (χ0n) is 16.9. The van der Waals surface area contributed by atoms with Crippen molar-refractivity contribution in [2.45, 2.75) is 13.3 Å². The van der Waals surface area contributed by atoms with Gasteiger partial charge in [-0.2, -0.15) is 5.10 Å². The highest BCUT2D eigenvalue weighted by Crippen LogP contribution is 2.28. The van der Waals surface area contributed by atoms with E-state index in [9.17, 15) is 13.2 Å². The molecule has 0 aliphatic rings. The van der Waals surface area contributed by atoms with E-state index in [0.717, 1.165) is 16.1 Å². The molecular weight excluding hydrogens is 394 g/mol. The molecule has 0 unspecified atom stereocenters. The molecule has 0 bridgehead atoms. The number of carbonyl (C=O) groups excluding carboxylic acids is 1. The van der Waals surface area contributed by atoms with Crippen LogP contribution in [0.2, 0.25) is 0 Å². The standard InChI is InChI=1S/C20H25N3O5S/c1-5-17(15-11-12-18(27-2)19(13-15)28-3)21-22-20(24)14-23(29(4,25)26)16-9-7-6-8-10-16/h6-13H,5,14H2,1-4H3,(H,22,24)/b21-17-. The largest absolute Gasteiger partial charge is 0.493 e. The number of nitrogens with one attached hydrogen (secondary N) is 1. The molecule has 0 saturated heterocycles. The summed E-state index contributed by atoms with van der Waals surface area (Å²) in [7, 11) is -0.547. The molecule has 9 heteroatoms. The van der Waals surface area contributed by atoms with E-state index >= 15 is 0 Å². The molecule has 2 aromatic rings. The van der Waals surface area contributed by atoms with Gasteiger partial charge in [0.2, 0.25) is 10.0 Å². The number of rotatable bonds is 9. The highest BCUT2D eigenvalue weighted by molar-refractivity contribution is 7.92. The summed E-state index contributed by atoms with van der Waals surface area (Å²) < 4.78 is 35.7. The van der Waals surface area contributed by atoms with Crippen LogP contribution in [0.5, 0.6) is 11.5 Å². The first-order chi connectivity index (χ1) is 13.8. The van der Waals surface area contributed by atoms with E-state index in [0.29, 0.717) is 29.3 Å². The van der Waals surface area contributed by atoms with E-state index < -0.39 is 15.9 Å². The summed E-state index contributed by atoms with van der Waals surface area (Å²) in [4.78, 5) is 12.4. The van der Waals surface area contributed by atoms with Crippen molar-refractivity contribution in [2.24, 2.45) is 5.10 Å². The summed E-state index contributed by atoms with van der Waals surface area (Å²) in [5.41, 5.74) is 4.22. The van der Waals surface area contributed by atoms with E-state index in [1.165, 1.54) is 7.11 Å². The first-order valence-electron chi connectivity index (χ1n) is 8.90. The minimum Gasteiger partial charge on any atom is -0.493 e. The van der Waals surface area contributed by atoms with Crippen LogP contribution in [0.1, 0.15) is 18.9 Å². The first-order valence-corrected chi connectivity index (χ1v) is 10.8. The molecule has 29 heavy (non-hydrogen) atoms. The van der Waals surface area contributed by atoms with Crippen LogP contribution in [0.4, 0.5) is 5.69 Å². The number of ether oxygens (including phenoxy) is 2. The Bertz CT molecular complexity index is 975. The van der Waals surface area contributed by atoms with E-state index in [2.05, 4.69) is 10.5 Å². The Labute approximate surface area is 171 Å². The molecule has 0 fully saturated rings. The van der Waals surface area contributed by atoms with Gasteiger partial charge in [0.25, 0.3) is 5.91 Å². The topological polar surface area (TPSA) is 97.3 Å². The van der Waals surface area contributed by atoms with Gasteiger partial charge in [-0.15, -0.1) is 0 Å². The average Bonchev–Trinajstić information content (AvgIpc) is 2.72. The normalized spacial score (nSPS) is 11.7. The van der Waals surface area contributed by atoms with Crippen LogP contribution in [0, 0.1) is 0 Å². The maximum atomic E-state index is 12.4. The molecule has 0 saturated carbocycles. The second-order valence-electron chi connectivity index (χ2n) is 6.12. The summed E-state index contributed by atoms with van der Waals surface area (Å²) in [6, 6.07) is 13.7. The Kier molecular flexibility index (Phi) is 7.60. The Morgan fingerprint density at radius 2 is 1.72 bits per heavy atom. The maximum absolute atomic E-state index is 12.4. The number of hydrogen-bond acceptors (Lipinski definition) is 6. The lowest BCUT2D eigenvalue weighted by atomic mass is 10.1. The van der Waals surface area contributed by atoms with Gasteiger partial charge >= 0.3 is 0 Å². The van der Waals surface area contributed by atoms with Gasteiger partial charge in [-0.1, -0.05) is 25.1 Å². The third-order valence-electron chi connectivity index (χ3n) is 4.10. The molecule has 0 heterocycles. The Hall–Kier alpha value is -3.07. The molecule has 0 radical (unpaired) electrons. The molecule has 156 valence electrons. The number of sulfonamides is 1. The van der Waals surface area contributed by atoms with E-state index in [1.807, 2.05) is 13.0 Å². The minimum absolute atomic E-state index is 0.380. The predicted molar refractivity (Wildman–Crippen MR) is 113 cm³/mol. The number of hydrogen-bond donors (Lipinski definition) is 1. The summed E-state index contributed by atoms with van der Waals surface area (Å²) in [5.74, 6) is 0.581. The molecule has 0 aromatic heterocycles. The first kappa shape index (κ1) is 22.2. The van der Waals surface area contributed by atoms with E-state index in [-0.39, 0.29) is 6.54 Å². The fourth-order valence-electron chi connectivity index (χ4n) is 2.65. The molecule has 0 aliphatic carbocycles. The predicted octanol–water partition coefficient (Wildman–Crippen LogP) is 2.40. The number of hydrazone groups is 1. The van der Waals surface area contributed by atoms with Crippen LogP contribution in [-0.2, 0) is 14.8 Å². The number of nitrogens with zero attached hydrogens (tertiary/aromatic N) is 2. The van der Waals surface area contributed by atoms with Crippen molar-refractivity contribution in [2.75, 3.05) is 31.3 Å². The van der Waals surface area contributed by atoms with Crippen molar-refractivity contribution < 1.29 is 22.7 Å². The minimum atomic E-state index is -3.63. The number of methoxy groups -OCH3 is 2. The number of anilines is 1. The van der Waals surface area contributed by atoms with E-state index in [1.54, 1.807) is 49.6 Å². The van der Waals surface area contributed by atoms with Crippen molar-refractivity contribution >= 4 is 27.3 Å². The summed E-state index contributed by atoms with van der Waals surface area (Å²) in [6.45, 7) is 1.52. The molecule has 2 rings (SSSR count). The summed E-state index contributed by atoms with van der Waals surface area (Å²) >= 11 is 0. The van der Waals surface area contributed by atoms with Gasteiger partial charge in [-0.3, -0.25) is 9.10 Å². The lowest BCUT2D eigenvalue weighted by molar-refractivity contribution is -0.119. The molecule has 1 N–H and O–H groups in total. The molecule has 0 spiro atoms. The molecule has 1 amide bonds. The lowest BCUT2D eigenvalue weighted by Crippen LogP contribution is -2.39. The highest BCUT2D eigenvalue weighted by Gasteiger charge is 2.20. The van der Waals surface area contributed by atoms with Gasteiger partial charge in [0.1, 0.15) is 6.54 Å². The van der Waals surface area contributed by atoms with Gasteiger partial charge < -0.3 is 9.47 Å². The average molecular weight is 420 g/mol. The highest BCUT2D eigenvalue weighted by atomic mass is 32.2. The lowest BCUT2D eigenvalue weighted by Gasteiger charge is -2.21. The number of para-hydroxylation sites is 1. The van der Waals surface area contributed by atoms with Gasteiger partial charge in [0.05, 0.1) is 31.9 Å². The molecule has 2 aromatic carbocycles. The number of benzene rings is 2. The number of amides is 1. The van der Waals surface area contributed by atoms with Gasteiger partial charge in [0.15, 0.2) is 11.5 Å². The van der Waals surface area contributed by atoms with Crippen LogP contribution >= 0.6 is 0 Å². The van der Waals surface area contributed by atoms with Crippen LogP contribution in [-0.4, -0.2) is 47.1 Å². The van der Waals surface area contributed by atoms with Crippen molar-refractivity contribution in [3.05, 3.63) is 54.1 Å². The van der Waals surface area contributed by atoms with Crippen molar-refractivity contribution in [1.29, 1.82) is 0 Å². The molecule has 0 atom stereocenters. The summed E-state index contributed by atoms with van der Waals surface area (Å²) in [5, 5.41) is 4.17. The fourth-order valence-corrected chi connectivity index (χ4v) is 3.51. The molecule has 8 nitrogen and oxygen atoms in total. The van der Waals surface area contributed by atoms with Crippen LogP contribution in [0.15, 0.2) is 53.6 Å². The van der Waals surface area contributed by atoms with Gasteiger partial charge in [0, 0.05) is 5.56 Å². The third kappa shape index (κ3) is 5.95. The molecule has 0 aliphatic heterocycles.